The molecule has 1 aromatic heterocycles. The van der Waals surface area contributed by atoms with Gasteiger partial charge in [0.25, 0.3) is 0 Å². The molecule has 2 unspecified atom stereocenters. The Hall–Kier alpha value is -0.850. The average molecular weight is 355 g/mol. The third-order valence-electron chi connectivity index (χ3n) is 3.32. The number of halogens is 1. The zero-order valence-corrected chi connectivity index (χ0v) is 14.3. The zero-order chi connectivity index (χ0) is 14.7. The highest BCUT2D eigenvalue weighted by atomic mass is 79.9. The van der Waals surface area contributed by atoms with Crippen LogP contribution in [-0.2, 0) is 7.05 Å². The molecule has 0 radical (unpaired) electrons. The minimum atomic E-state index is 0.0753. The van der Waals surface area contributed by atoms with E-state index >= 15 is 0 Å². The van der Waals surface area contributed by atoms with Crippen molar-refractivity contribution in [3.63, 3.8) is 0 Å². The molecular formula is C14H19BrN4S. The summed E-state index contributed by atoms with van der Waals surface area (Å²) in [6, 6.07) is 8.37. The summed E-state index contributed by atoms with van der Waals surface area (Å²) in [5.41, 5.74) is 7.52. The van der Waals surface area contributed by atoms with Crippen molar-refractivity contribution < 1.29 is 0 Å². The highest BCUT2D eigenvalue weighted by Crippen LogP contribution is 2.37. The second kappa shape index (κ2) is 6.74. The Morgan fingerprint density at radius 1 is 1.40 bits per heavy atom. The maximum atomic E-state index is 6.31. The van der Waals surface area contributed by atoms with Crippen molar-refractivity contribution in [1.29, 1.82) is 0 Å². The third-order valence-corrected chi connectivity index (χ3v) is 5.26. The molecule has 0 saturated carbocycles. The van der Waals surface area contributed by atoms with E-state index in [1.165, 1.54) is 5.56 Å². The molecule has 108 valence electrons. The van der Waals surface area contributed by atoms with Crippen molar-refractivity contribution in [3.05, 3.63) is 40.1 Å². The normalized spacial score (nSPS) is 14.2. The molecule has 0 aliphatic heterocycles. The predicted molar refractivity (Wildman–Crippen MR) is 86.7 cm³/mol. The molecular weight excluding hydrogens is 336 g/mol. The van der Waals surface area contributed by atoms with E-state index in [1.54, 1.807) is 11.8 Å². The van der Waals surface area contributed by atoms with Gasteiger partial charge in [0, 0.05) is 17.6 Å². The van der Waals surface area contributed by atoms with Crippen LogP contribution in [0.15, 0.2) is 33.9 Å². The average Bonchev–Trinajstić information content (AvgIpc) is 2.75. The van der Waals surface area contributed by atoms with Gasteiger partial charge in [0.05, 0.1) is 5.25 Å². The first kappa shape index (κ1) is 15.5. The first-order chi connectivity index (χ1) is 9.52. The lowest BCUT2D eigenvalue weighted by Crippen LogP contribution is -2.26. The maximum Gasteiger partial charge on any atom is 0.191 e. The molecule has 0 aliphatic carbocycles. The van der Waals surface area contributed by atoms with Crippen molar-refractivity contribution in [2.75, 3.05) is 0 Å². The largest absolute Gasteiger partial charge is 0.326 e. The lowest BCUT2D eigenvalue weighted by atomic mass is 10.0. The van der Waals surface area contributed by atoms with E-state index in [4.69, 9.17) is 5.73 Å². The summed E-state index contributed by atoms with van der Waals surface area (Å²) in [5, 5.41) is 9.40. The Morgan fingerprint density at radius 2 is 2.15 bits per heavy atom. The van der Waals surface area contributed by atoms with Crippen LogP contribution in [0.3, 0.4) is 0 Å². The zero-order valence-electron chi connectivity index (χ0n) is 11.9. The summed E-state index contributed by atoms with van der Waals surface area (Å²) >= 11 is 5.20. The number of hydrogen-bond acceptors (Lipinski definition) is 4. The standard InChI is InChI=1S/C14H19BrN4S/c1-4-12(16)13(10-6-5-7-11(15)8-10)20-14-18-17-9(2)19(14)3/h5-8,12-13H,4,16H2,1-3H3. The van der Waals surface area contributed by atoms with E-state index in [0.29, 0.717) is 0 Å². The maximum absolute atomic E-state index is 6.31. The first-order valence-corrected chi connectivity index (χ1v) is 8.24. The summed E-state index contributed by atoms with van der Waals surface area (Å²) < 4.78 is 3.07. The number of benzene rings is 1. The molecule has 0 aliphatic rings. The highest BCUT2D eigenvalue weighted by Gasteiger charge is 2.22. The van der Waals surface area contributed by atoms with Gasteiger partial charge in [-0.2, -0.15) is 0 Å². The minimum absolute atomic E-state index is 0.0753. The number of nitrogens with two attached hydrogens (primary N) is 1. The number of thioether (sulfide) groups is 1. The van der Waals surface area contributed by atoms with Crippen LogP contribution in [0.25, 0.3) is 0 Å². The van der Waals surface area contributed by atoms with E-state index in [-0.39, 0.29) is 11.3 Å². The molecule has 6 heteroatoms. The predicted octanol–water partition coefficient (Wildman–Crippen LogP) is 3.46. The number of nitrogens with zero attached hydrogens (tertiary/aromatic N) is 3. The van der Waals surface area contributed by atoms with Crippen LogP contribution in [0, 0.1) is 6.92 Å². The third kappa shape index (κ3) is 3.42. The molecule has 2 atom stereocenters. The summed E-state index contributed by atoms with van der Waals surface area (Å²) in [6.45, 7) is 4.06. The lowest BCUT2D eigenvalue weighted by Gasteiger charge is -2.22. The van der Waals surface area contributed by atoms with Gasteiger partial charge in [-0.05, 0) is 31.0 Å². The van der Waals surface area contributed by atoms with Crippen molar-refractivity contribution in [3.8, 4) is 0 Å². The minimum Gasteiger partial charge on any atom is -0.326 e. The lowest BCUT2D eigenvalue weighted by molar-refractivity contribution is 0.629. The molecule has 20 heavy (non-hydrogen) atoms. The fourth-order valence-electron chi connectivity index (χ4n) is 1.90. The fraction of sp³-hybridized carbons (Fsp3) is 0.429. The second-order valence-corrected chi connectivity index (χ2v) is 6.78. The van der Waals surface area contributed by atoms with E-state index in [2.05, 4.69) is 45.2 Å². The van der Waals surface area contributed by atoms with E-state index in [0.717, 1.165) is 21.9 Å². The Balaban J connectivity index is 2.31. The van der Waals surface area contributed by atoms with Crippen molar-refractivity contribution in [2.24, 2.45) is 12.8 Å². The number of rotatable bonds is 5. The van der Waals surface area contributed by atoms with Gasteiger partial charge in [-0.1, -0.05) is 46.7 Å². The van der Waals surface area contributed by atoms with E-state index in [9.17, 15) is 0 Å². The van der Waals surface area contributed by atoms with Crippen LogP contribution in [0.5, 0.6) is 0 Å². The Morgan fingerprint density at radius 3 is 2.70 bits per heavy atom. The Kier molecular flexibility index (Phi) is 5.23. The highest BCUT2D eigenvalue weighted by molar-refractivity contribution is 9.10. The quantitative estimate of drug-likeness (QED) is 0.835. The van der Waals surface area contributed by atoms with Crippen molar-refractivity contribution in [1.82, 2.24) is 14.8 Å². The summed E-state index contributed by atoms with van der Waals surface area (Å²) in [5.74, 6) is 0.908. The van der Waals surface area contributed by atoms with Gasteiger partial charge < -0.3 is 10.3 Å². The SMILES string of the molecule is CCC(N)C(Sc1nnc(C)n1C)c1cccc(Br)c1. The Labute approximate surface area is 132 Å². The fourth-order valence-corrected chi connectivity index (χ4v) is 3.58. The second-order valence-electron chi connectivity index (χ2n) is 4.75. The first-order valence-electron chi connectivity index (χ1n) is 6.56. The number of aryl methyl sites for hydroxylation is 1. The van der Waals surface area contributed by atoms with Crippen molar-refractivity contribution in [2.45, 2.75) is 36.7 Å². The molecule has 0 spiro atoms. The number of hydrogen-bond donors (Lipinski definition) is 1. The van der Waals surface area contributed by atoms with Crippen LogP contribution in [0.4, 0.5) is 0 Å². The molecule has 0 amide bonds. The molecule has 1 aromatic carbocycles. The van der Waals surface area contributed by atoms with Crippen molar-refractivity contribution >= 4 is 27.7 Å². The van der Waals surface area contributed by atoms with Gasteiger partial charge in [-0.25, -0.2) is 0 Å². The summed E-state index contributed by atoms with van der Waals surface area (Å²) in [7, 11) is 1.98. The van der Waals surface area contributed by atoms with Gasteiger partial charge in [0.2, 0.25) is 0 Å². The number of aromatic nitrogens is 3. The molecule has 2 N–H and O–H groups in total. The van der Waals surface area contributed by atoms with Crippen LogP contribution in [0.2, 0.25) is 0 Å². The molecule has 4 nitrogen and oxygen atoms in total. The molecule has 2 rings (SSSR count). The van der Waals surface area contributed by atoms with Crippen LogP contribution >= 0.6 is 27.7 Å². The summed E-state index contributed by atoms with van der Waals surface area (Å²) in [4.78, 5) is 0. The Bertz CT molecular complexity index is 584. The van der Waals surface area contributed by atoms with Crippen LogP contribution in [0.1, 0.15) is 30.0 Å². The van der Waals surface area contributed by atoms with E-state index in [1.807, 2.05) is 30.7 Å². The van der Waals surface area contributed by atoms with E-state index < -0.39 is 0 Å². The van der Waals surface area contributed by atoms with Gasteiger partial charge in [0.1, 0.15) is 5.82 Å². The monoisotopic (exact) mass is 354 g/mol. The molecule has 0 saturated heterocycles. The smallest absolute Gasteiger partial charge is 0.191 e. The molecule has 1 heterocycles. The van der Waals surface area contributed by atoms with Gasteiger partial charge in [0.15, 0.2) is 5.16 Å². The van der Waals surface area contributed by atoms with Crippen LogP contribution < -0.4 is 5.73 Å². The van der Waals surface area contributed by atoms with Gasteiger partial charge in [-0.3, -0.25) is 0 Å². The van der Waals surface area contributed by atoms with Gasteiger partial charge >= 0.3 is 0 Å². The van der Waals surface area contributed by atoms with Gasteiger partial charge in [-0.15, -0.1) is 10.2 Å². The van der Waals surface area contributed by atoms with Crippen LogP contribution in [-0.4, -0.2) is 20.8 Å². The molecule has 0 fully saturated rings. The molecule has 0 bridgehead atoms. The molecule has 2 aromatic rings. The topological polar surface area (TPSA) is 56.7 Å². The summed E-state index contributed by atoms with van der Waals surface area (Å²) in [6.07, 6.45) is 0.918.